The average molecular weight is 318 g/mol. The normalized spacial score (nSPS) is 13.3. The number of carbonyl (C=O) groups excluding carboxylic acids is 2. The Balaban J connectivity index is 2.75. The van der Waals surface area contributed by atoms with Crippen molar-refractivity contribution in [2.75, 3.05) is 0 Å². The molecule has 1 aliphatic heterocycles. The van der Waals surface area contributed by atoms with Gasteiger partial charge in [0.2, 0.25) is 0 Å². The maximum atomic E-state index is 12.1. The van der Waals surface area contributed by atoms with E-state index in [1.165, 1.54) is 6.08 Å². The second-order valence-electron chi connectivity index (χ2n) is 4.81. The maximum Gasteiger partial charge on any atom is 0.318 e. The van der Waals surface area contributed by atoms with Crippen LogP contribution in [0.2, 0.25) is 0 Å². The highest BCUT2D eigenvalue weighted by Crippen LogP contribution is 2.19. The van der Waals surface area contributed by atoms with Gasteiger partial charge in [-0.2, -0.15) is 0 Å². The number of carbonyl (C=O) groups is 2. The van der Waals surface area contributed by atoms with Crippen LogP contribution in [0.25, 0.3) is 0 Å². The number of hydroxylamine groups is 2. The first-order valence-electron chi connectivity index (χ1n) is 7.82. The predicted molar refractivity (Wildman–Crippen MR) is 84.2 cm³/mol. The first-order chi connectivity index (χ1) is 11.2. The van der Waals surface area contributed by atoms with Crippen molar-refractivity contribution < 1.29 is 19.3 Å². The Morgan fingerprint density at radius 3 is 1.70 bits per heavy atom. The van der Waals surface area contributed by atoms with E-state index in [1.807, 2.05) is 0 Å². The zero-order valence-electron chi connectivity index (χ0n) is 13.8. The number of unbranched alkanes of at least 4 members (excludes halogenated alkanes) is 4. The summed E-state index contributed by atoms with van der Waals surface area (Å²) in [5.74, 6) is 4.29. The number of hydrazine groups is 1. The molecule has 6 nitrogen and oxygen atoms in total. The molecule has 0 atom stereocenters. The van der Waals surface area contributed by atoms with E-state index in [0.717, 1.165) is 25.7 Å². The zero-order valence-corrected chi connectivity index (χ0v) is 13.8. The van der Waals surface area contributed by atoms with Crippen molar-refractivity contribution in [1.29, 1.82) is 0 Å². The largest absolute Gasteiger partial charge is 0.318 e. The molecule has 1 rings (SSSR count). The van der Waals surface area contributed by atoms with E-state index >= 15 is 0 Å². The molecule has 2 amide bonds. The molecule has 1 saturated heterocycles. The Morgan fingerprint density at radius 1 is 0.913 bits per heavy atom. The molecule has 0 radical (unpaired) electrons. The van der Waals surface area contributed by atoms with Gasteiger partial charge in [-0.25, -0.2) is 0 Å². The number of rotatable bonds is 6. The van der Waals surface area contributed by atoms with Crippen molar-refractivity contribution in [3.8, 4) is 24.1 Å². The van der Waals surface area contributed by atoms with E-state index in [0.29, 0.717) is 23.2 Å². The fourth-order valence-electron chi connectivity index (χ4n) is 1.65. The smallest absolute Gasteiger partial charge is 0.300 e. The lowest BCUT2D eigenvalue weighted by atomic mass is 10.2. The Labute approximate surface area is 137 Å². The third kappa shape index (κ3) is 5.27. The molecule has 0 unspecified atom stereocenters. The lowest BCUT2D eigenvalue weighted by Gasteiger charge is -2.18. The lowest BCUT2D eigenvalue weighted by molar-refractivity contribution is -0.304. The van der Waals surface area contributed by atoms with Crippen molar-refractivity contribution in [3.05, 3.63) is 11.6 Å². The molecule has 0 aromatic carbocycles. The van der Waals surface area contributed by atoms with Gasteiger partial charge in [0.15, 0.2) is 0 Å². The molecule has 0 spiro atoms. The van der Waals surface area contributed by atoms with Gasteiger partial charge >= 0.3 is 11.8 Å². The summed E-state index contributed by atoms with van der Waals surface area (Å²) >= 11 is 0. The molecule has 124 valence electrons. The summed E-state index contributed by atoms with van der Waals surface area (Å²) in [5, 5.41) is 1.37. The van der Waals surface area contributed by atoms with Crippen LogP contribution in [-0.4, -0.2) is 22.2 Å². The number of amides is 2. The van der Waals surface area contributed by atoms with Crippen LogP contribution in [0.5, 0.6) is 0 Å². The molecule has 0 aliphatic carbocycles. The minimum Gasteiger partial charge on any atom is -0.300 e. The van der Waals surface area contributed by atoms with Gasteiger partial charge in [-0.05, 0) is 30.1 Å². The molecule has 0 aromatic heterocycles. The van der Waals surface area contributed by atoms with Crippen molar-refractivity contribution in [1.82, 2.24) is 10.3 Å². The maximum absolute atomic E-state index is 12.1. The first-order valence-corrected chi connectivity index (χ1v) is 7.82. The molecular weight excluding hydrogens is 296 g/mol. The Bertz CT molecular complexity index is 527. The predicted octanol–water partition coefficient (Wildman–Crippen LogP) is 2.68. The van der Waals surface area contributed by atoms with Gasteiger partial charge in [0, 0.05) is 12.8 Å². The van der Waals surface area contributed by atoms with E-state index < -0.39 is 11.8 Å². The highest BCUT2D eigenvalue weighted by atomic mass is 16.8. The molecule has 1 aliphatic rings. The quantitative estimate of drug-likeness (QED) is 0.327. The fraction of sp³-hybridized carbons (Fsp3) is 0.529. The third-order valence-corrected chi connectivity index (χ3v) is 2.98. The van der Waals surface area contributed by atoms with E-state index in [2.05, 4.69) is 37.9 Å². The lowest BCUT2D eigenvalue weighted by Crippen LogP contribution is -2.38. The van der Waals surface area contributed by atoms with E-state index in [1.54, 1.807) is 6.92 Å². The van der Waals surface area contributed by atoms with Gasteiger partial charge in [-0.3, -0.25) is 19.3 Å². The molecule has 0 N–H and O–H groups in total. The van der Waals surface area contributed by atoms with Crippen LogP contribution in [-0.2, 0) is 19.3 Å². The number of allylic oxidation sites excluding steroid dienone is 1. The van der Waals surface area contributed by atoms with Gasteiger partial charge in [-0.1, -0.05) is 44.6 Å². The van der Waals surface area contributed by atoms with E-state index in [4.69, 9.17) is 9.68 Å². The Hall–Kier alpha value is -2.60. The minimum absolute atomic E-state index is 0.0456. The van der Waals surface area contributed by atoms with Gasteiger partial charge in [0.05, 0.1) is 0 Å². The molecular formula is C17H22N2O4. The Kier molecular flexibility index (Phi) is 8.17. The number of hydrogen-bond donors (Lipinski definition) is 0. The number of hydrogen-bond acceptors (Lipinski definition) is 4. The monoisotopic (exact) mass is 318 g/mol. The van der Waals surface area contributed by atoms with Crippen molar-refractivity contribution in [3.63, 3.8) is 0 Å². The molecule has 0 saturated carbocycles. The van der Waals surface area contributed by atoms with Crippen LogP contribution >= 0.6 is 0 Å². The standard InChI is InChI=1S/C17H22N2O4/c1-4-7-9-11-13-22-18-16(20)15(6-3)17(21)19(18)23-14-12-10-8-5-2/h6H,4-5,7-10H2,1-3H3. The summed E-state index contributed by atoms with van der Waals surface area (Å²) in [5.41, 5.74) is -0.0456. The van der Waals surface area contributed by atoms with Crippen LogP contribution in [0.15, 0.2) is 11.6 Å². The summed E-state index contributed by atoms with van der Waals surface area (Å²) in [6, 6.07) is 0. The van der Waals surface area contributed by atoms with E-state index in [-0.39, 0.29) is 5.57 Å². The molecule has 0 aromatic rings. The second-order valence-corrected chi connectivity index (χ2v) is 4.81. The van der Waals surface area contributed by atoms with Crippen molar-refractivity contribution in [2.24, 2.45) is 0 Å². The molecule has 6 heteroatoms. The van der Waals surface area contributed by atoms with Gasteiger partial charge < -0.3 is 0 Å². The highest BCUT2D eigenvalue weighted by molar-refractivity contribution is 6.21. The first kappa shape index (κ1) is 18.4. The second kappa shape index (κ2) is 10.2. The van der Waals surface area contributed by atoms with Crippen molar-refractivity contribution >= 4 is 11.8 Å². The molecule has 1 heterocycles. The topological polar surface area (TPSA) is 59.1 Å². The Morgan fingerprint density at radius 2 is 1.35 bits per heavy atom. The van der Waals surface area contributed by atoms with E-state index in [9.17, 15) is 9.59 Å². The SMILES string of the molecule is CC=C1C(=O)N(OC#CCCCC)N(OC#CCCCC)C1=O. The van der Waals surface area contributed by atoms with Crippen LogP contribution in [0, 0.1) is 24.1 Å². The van der Waals surface area contributed by atoms with Crippen LogP contribution in [0.4, 0.5) is 0 Å². The van der Waals surface area contributed by atoms with Crippen LogP contribution in [0.1, 0.15) is 59.3 Å². The van der Waals surface area contributed by atoms with Gasteiger partial charge in [-0.15, -0.1) is 0 Å². The van der Waals surface area contributed by atoms with Gasteiger partial charge in [0.25, 0.3) is 0 Å². The summed E-state index contributed by atoms with van der Waals surface area (Å²) < 4.78 is 0. The van der Waals surface area contributed by atoms with Gasteiger partial charge in [0.1, 0.15) is 17.8 Å². The molecule has 23 heavy (non-hydrogen) atoms. The average Bonchev–Trinajstić information content (AvgIpc) is 2.77. The number of nitrogens with zero attached hydrogens (tertiary/aromatic N) is 2. The summed E-state index contributed by atoms with van der Waals surface area (Å²) in [6.07, 6.45) is 11.4. The van der Waals surface area contributed by atoms with Crippen molar-refractivity contribution in [2.45, 2.75) is 59.3 Å². The molecule has 1 fully saturated rings. The zero-order chi connectivity index (χ0) is 17.1. The third-order valence-electron chi connectivity index (χ3n) is 2.98. The molecule has 0 bridgehead atoms. The summed E-state index contributed by atoms with van der Waals surface area (Å²) in [7, 11) is 0. The van der Waals surface area contributed by atoms with Crippen LogP contribution < -0.4 is 0 Å². The summed E-state index contributed by atoms with van der Waals surface area (Å²) in [6.45, 7) is 5.69. The fourth-order valence-corrected chi connectivity index (χ4v) is 1.65. The minimum atomic E-state index is -0.627. The highest BCUT2D eigenvalue weighted by Gasteiger charge is 2.45. The summed E-state index contributed by atoms with van der Waals surface area (Å²) in [4.78, 5) is 34.3. The van der Waals surface area contributed by atoms with Crippen LogP contribution in [0.3, 0.4) is 0 Å².